The number of carbonyl (C=O) groups excluding carboxylic acids is 1. The molecule has 0 heterocycles. The van der Waals surface area contributed by atoms with E-state index in [1.807, 2.05) is 0 Å². The number of ether oxygens (including phenoxy) is 1. The highest BCUT2D eigenvalue weighted by molar-refractivity contribution is 6.42. The first kappa shape index (κ1) is 18.4. The van der Waals surface area contributed by atoms with Gasteiger partial charge in [0.05, 0.1) is 22.6 Å². The fraction of sp³-hybridized carbons (Fsp3) is 0.417. The quantitative estimate of drug-likeness (QED) is 0.678. The number of rotatable bonds is 3. The van der Waals surface area contributed by atoms with Crippen LogP contribution in [0.15, 0.2) is 12.1 Å². The highest BCUT2D eigenvalue weighted by atomic mass is 35.5. The molecule has 1 aromatic rings. The minimum Gasteiger partial charge on any atom is -0.469 e. The van der Waals surface area contributed by atoms with Gasteiger partial charge in [0.1, 0.15) is 5.82 Å². The summed E-state index contributed by atoms with van der Waals surface area (Å²) in [7, 11) is 1.24. The van der Waals surface area contributed by atoms with Crippen LogP contribution in [0, 0.1) is 11.2 Å². The molecule has 0 fully saturated rings. The minimum atomic E-state index is -1.12. The molecule has 0 spiro atoms. The molecule has 1 aromatic carbocycles. The van der Waals surface area contributed by atoms with Gasteiger partial charge in [0.25, 0.3) is 0 Å². The van der Waals surface area contributed by atoms with Crippen LogP contribution in [0.3, 0.4) is 0 Å². The second-order valence-corrected chi connectivity index (χ2v) is 5.23. The molecular formula is C12H15Cl3FNO2. The lowest BCUT2D eigenvalue weighted by Crippen LogP contribution is -2.38. The van der Waals surface area contributed by atoms with E-state index in [1.165, 1.54) is 13.2 Å². The van der Waals surface area contributed by atoms with Gasteiger partial charge in [-0.15, -0.1) is 12.4 Å². The number of hydrogen-bond acceptors (Lipinski definition) is 3. The minimum absolute atomic E-state index is 0. The van der Waals surface area contributed by atoms with Crippen molar-refractivity contribution < 1.29 is 13.9 Å². The average molecular weight is 331 g/mol. The van der Waals surface area contributed by atoms with Crippen LogP contribution in [0.25, 0.3) is 0 Å². The number of benzene rings is 1. The summed E-state index contributed by atoms with van der Waals surface area (Å²) in [6.45, 7) is 3.11. The molecule has 0 saturated heterocycles. The summed E-state index contributed by atoms with van der Waals surface area (Å²) in [5.41, 5.74) is 4.83. The van der Waals surface area contributed by atoms with Crippen molar-refractivity contribution in [2.24, 2.45) is 11.1 Å². The van der Waals surface area contributed by atoms with Gasteiger partial charge < -0.3 is 10.5 Å². The highest BCUT2D eigenvalue weighted by Gasteiger charge is 2.39. The summed E-state index contributed by atoms with van der Waals surface area (Å²) in [5, 5.41) is 0.199. The molecule has 0 radical (unpaired) electrons. The van der Waals surface area contributed by atoms with Crippen LogP contribution in [0.5, 0.6) is 0 Å². The van der Waals surface area contributed by atoms with E-state index < -0.39 is 23.2 Å². The summed E-state index contributed by atoms with van der Waals surface area (Å²) < 4.78 is 18.5. The molecular weight excluding hydrogens is 315 g/mol. The van der Waals surface area contributed by atoms with Crippen LogP contribution in [-0.4, -0.2) is 13.1 Å². The fourth-order valence-corrected chi connectivity index (χ4v) is 2.01. The van der Waals surface area contributed by atoms with Gasteiger partial charge in [0, 0.05) is 11.6 Å². The molecule has 1 rings (SSSR count). The SMILES string of the molecule is COC(=O)C(C)(C)[C@H](N)c1c(F)ccc(Cl)c1Cl.Cl. The van der Waals surface area contributed by atoms with E-state index in [0.29, 0.717) is 0 Å². The first-order chi connectivity index (χ1) is 8.23. The van der Waals surface area contributed by atoms with E-state index in [4.69, 9.17) is 28.9 Å². The zero-order valence-corrected chi connectivity index (χ0v) is 13.0. The molecule has 0 aliphatic heterocycles. The van der Waals surface area contributed by atoms with Crippen molar-refractivity contribution in [2.75, 3.05) is 7.11 Å². The van der Waals surface area contributed by atoms with Gasteiger partial charge >= 0.3 is 5.97 Å². The van der Waals surface area contributed by atoms with Crippen LogP contribution in [0.1, 0.15) is 25.5 Å². The highest BCUT2D eigenvalue weighted by Crippen LogP contribution is 2.39. The lowest BCUT2D eigenvalue weighted by atomic mass is 9.81. The van der Waals surface area contributed by atoms with Crippen molar-refractivity contribution in [2.45, 2.75) is 19.9 Å². The first-order valence-corrected chi connectivity index (χ1v) is 5.96. The Morgan fingerprint density at radius 2 is 1.95 bits per heavy atom. The molecule has 0 aliphatic carbocycles. The van der Waals surface area contributed by atoms with E-state index in [2.05, 4.69) is 4.74 Å². The third kappa shape index (κ3) is 3.51. The van der Waals surface area contributed by atoms with Gasteiger partial charge in [-0.3, -0.25) is 4.79 Å². The molecule has 0 unspecified atom stereocenters. The van der Waals surface area contributed by atoms with Crippen molar-refractivity contribution >= 4 is 41.6 Å². The lowest BCUT2D eigenvalue weighted by Gasteiger charge is -2.29. The van der Waals surface area contributed by atoms with Gasteiger partial charge in [-0.1, -0.05) is 23.2 Å². The van der Waals surface area contributed by atoms with E-state index >= 15 is 0 Å². The summed E-state index contributed by atoms with van der Waals surface area (Å²) in [6, 6.07) is 1.54. The molecule has 0 saturated carbocycles. The van der Waals surface area contributed by atoms with E-state index in [9.17, 15) is 9.18 Å². The zero-order chi connectivity index (χ0) is 14.1. The third-order valence-electron chi connectivity index (χ3n) is 2.88. The van der Waals surface area contributed by atoms with Crippen LogP contribution < -0.4 is 5.73 Å². The van der Waals surface area contributed by atoms with Crippen molar-refractivity contribution in [3.63, 3.8) is 0 Å². The molecule has 1 atom stereocenters. The van der Waals surface area contributed by atoms with Gasteiger partial charge in [-0.05, 0) is 26.0 Å². The summed E-state index contributed by atoms with van der Waals surface area (Å²) >= 11 is 11.8. The average Bonchev–Trinajstić information content (AvgIpc) is 2.33. The fourth-order valence-electron chi connectivity index (χ4n) is 1.58. The number of methoxy groups -OCH3 is 1. The van der Waals surface area contributed by atoms with Crippen molar-refractivity contribution in [3.05, 3.63) is 33.6 Å². The molecule has 19 heavy (non-hydrogen) atoms. The maximum atomic E-state index is 13.8. The topological polar surface area (TPSA) is 52.3 Å². The summed E-state index contributed by atoms with van der Waals surface area (Å²) in [4.78, 5) is 11.7. The summed E-state index contributed by atoms with van der Waals surface area (Å²) in [6.07, 6.45) is 0. The number of esters is 1. The Balaban J connectivity index is 0.00000324. The molecule has 0 bridgehead atoms. The Labute approximate surface area is 127 Å². The van der Waals surface area contributed by atoms with Crippen molar-refractivity contribution in [3.8, 4) is 0 Å². The van der Waals surface area contributed by atoms with Crippen LogP contribution in [0.2, 0.25) is 10.0 Å². The predicted molar refractivity (Wildman–Crippen MR) is 76.4 cm³/mol. The van der Waals surface area contributed by atoms with E-state index in [1.54, 1.807) is 13.8 Å². The number of hydrogen-bond donors (Lipinski definition) is 1. The van der Waals surface area contributed by atoms with Crippen LogP contribution in [0.4, 0.5) is 4.39 Å². The van der Waals surface area contributed by atoms with Gasteiger partial charge in [-0.2, -0.15) is 0 Å². The number of halogens is 4. The Kier molecular flexibility index (Phi) is 6.55. The van der Waals surface area contributed by atoms with Crippen LogP contribution >= 0.6 is 35.6 Å². The second kappa shape index (κ2) is 6.75. The Hall–Kier alpha value is -0.550. The standard InChI is InChI=1S/C12H14Cl2FNO2.ClH/c1-12(2,11(17)18-3)10(16)8-7(15)5-4-6(13)9(8)14;/h4-5,10H,16H2,1-3H3;1H/t10-;/m1./s1. The maximum Gasteiger partial charge on any atom is 0.313 e. The Morgan fingerprint density at radius 3 is 2.42 bits per heavy atom. The number of nitrogens with two attached hydrogens (primary N) is 1. The molecule has 0 aliphatic rings. The molecule has 108 valence electrons. The van der Waals surface area contributed by atoms with Crippen LogP contribution in [-0.2, 0) is 9.53 Å². The largest absolute Gasteiger partial charge is 0.469 e. The third-order valence-corrected chi connectivity index (χ3v) is 3.70. The second-order valence-electron chi connectivity index (χ2n) is 4.45. The predicted octanol–water partition coefficient (Wildman–Crippen LogP) is 3.75. The molecule has 7 heteroatoms. The van der Waals surface area contributed by atoms with E-state index in [0.717, 1.165) is 6.07 Å². The van der Waals surface area contributed by atoms with E-state index in [-0.39, 0.29) is 28.0 Å². The lowest BCUT2D eigenvalue weighted by molar-refractivity contribution is -0.152. The molecule has 3 nitrogen and oxygen atoms in total. The van der Waals surface area contributed by atoms with Gasteiger partial charge in [0.15, 0.2) is 0 Å². The molecule has 0 amide bonds. The first-order valence-electron chi connectivity index (χ1n) is 5.20. The van der Waals surface area contributed by atoms with Gasteiger partial charge in [0.2, 0.25) is 0 Å². The monoisotopic (exact) mass is 329 g/mol. The maximum absolute atomic E-state index is 13.8. The smallest absolute Gasteiger partial charge is 0.313 e. The number of carbonyl (C=O) groups is 1. The molecule has 2 N–H and O–H groups in total. The summed E-state index contributed by atoms with van der Waals surface area (Å²) in [5.74, 6) is -1.15. The zero-order valence-electron chi connectivity index (χ0n) is 10.7. The van der Waals surface area contributed by atoms with Gasteiger partial charge in [-0.25, -0.2) is 4.39 Å². The normalized spacial score (nSPS) is 12.6. The van der Waals surface area contributed by atoms with Crippen molar-refractivity contribution in [1.82, 2.24) is 0 Å². The van der Waals surface area contributed by atoms with Crippen molar-refractivity contribution in [1.29, 1.82) is 0 Å². The molecule has 0 aromatic heterocycles. The Morgan fingerprint density at radius 1 is 1.42 bits per heavy atom. The Bertz CT molecular complexity index is 480.